The Morgan fingerprint density at radius 2 is 2.00 bits per heavy atom. The third-order valence-corrected chi connectivity index (χ3v) is 5.67. The SMILES string of the molecule is C=CCN1C(=O)CCCC12CCCN(C(=O)Nc1ccc(CC)cc1)C2. The van der Waals surface area contributed by atoms with E-state index in [1.807, 2.05) is 34.1 Å². The average molecular weight is 355 g/mol. The van der Waals surface area contributed by atoms with Crippen LogP contribution < -0.4 is 5.32 Å². The highest BCUT2D eigenvalue weighted by Crippen LogP contribution is 2.36. The Kier molecular flexibility index (Phi) is 5.64. The number of rotatable bonds is 4. The monoisotopic (exact) mass is 355 g/mol. The maximum absolute atomic E-state index is 12.8. The molecule has 5 nitrogen and oxygen atoms in total. The summed E-state index contributed by atoms with van der Waals surface area (Å²) in [5.41, 5.74) is 1.83. The van der Waals surface area contributed by atoms with Crippen LogP contribution in [0.2, 0.25) is 0 Å². The second kappa shape index (κ2) is 7.94. The second-order valence-corrected chi connectivity index (χ2v) is 7.38. The quantitative estimate of drug-likeness (QED) is 0.835. The molecular weight excluding hydrogens is 326 g/mol. The number of urea groups is 1. The molecule has 3 rings (SSSR count). The number of likely N-dealkylation sites (tertiary alicyclic amines) is 2. The first kappa shape index (κ1) is 18.5. The van der Waals surface area contributed by atoms with Crippen molar-refractivity contribution in [2.24, 2.45) is 0 Å². The Morgan fingerprint density at radius 3 is 2.69 bits per heavy atom. The summed E-state index contributed by atoms with van der Waals surface area (Å²) in [4.78, 5) is 29.1. The van der Waals surface area contributed by atoms with Gasteiger partial charge in [-0.25, -0.2) is 4.79 Å². The minimum Gasteiger partial charge on any atom is -0.332 e. The standard InChI is InChI=1S/C21H29N3O2/c1-3-14-24-19(25)7-5-12-21(24)13-6-15-23(16-21)20(26)22-18-10-8-17(4-2)9-11-18/h3,8-11H,1,4-7,12-16H2,2H3,(H,22,26). The summed E-state index contributed by atoms with van der Waals surface area (Å²) in [6.07, 6.45) is 7.12. The van der Waals surface area contributed by atoms with Gasteiger partial charge in [0.05, 0.1) is 5.54 Å². The minimum atomic E-state index is -0.231. The van der Waals surface area contributed by atoms with Crippen molar-refractivity contribution in [3.8, 4) is 0 Å². The second-order valence-electron chi connectivity index (χ2n) is 7.38. The fourth-order valence-corrected chi connectivity index (χ4v) is 4.26. The van der Waals surface area contributed by atoms with Gasteiger partial charge in [0.15, 0.2) is 0 Å². The van der Waals surface area contributed by atoms with E-state index in [1.54, 1.807) is 6.08 Å². The highest BCUT2D eigenvalue weighted by Gasteiger charge is 2.45. The maximum Gasteiger partial charge on any atom is 0.321 e. The lowest BCUT2D eigenvalue weighted by Crippen LogP contribution is -2.63. The Morgan fingerprint density at radius 1 is 1.27 bits per heavy atom. The van der Waals surface area contributed by atoms with Gasteiger partial charge in [0, 0.05) is 31.7 Å². The van der Waals surface area contributed by atoms with E-state index in [4.69, 9.17) is 0 Å². The lowest BCUT2D eigenvalue weighted by Gasteiger charge is -2.51. The highest BCUT2D eigenvalue weighted by molar-refractivity contribution is 5.89. The molecule has 0 bridgehead atoms. The number of hydrogen-bond donors (Lipinski definition) is 1. The zero-order valence-corrected chi connectivity index (χ0v) is 15.7. The van der Waals surface area contributed by atoms with E-state index in [0.717, 1.165) is 44.3 Å². The van der Waals surface area contributed by atoms with E-state index in [1.165, 1.54) is 5.56 Å². The van der Waals surface area contributed by atoms with E-state index < -0.39 is 0 Å². The average Bonchev–Trinajstić information content (AvgIpc) is 2.66. The molecule has 0 saturated carbocycles. The first-order chi connectivity index (χ1) is 12.6. The number of amides is 3. The molecule has 0 aliphatic carbocycles. The number of piperidine rings is 2. The predicted octanol–water partition coefficient (Wildman–Crippen LogP) is 3.81. The number of carbonyl (C=O) groups is 2. The van der Waals surface area contributed by atoms with Crippen LogP contribution in [0.5, 0.6) is 0 Å². The van der Waals surface area contributed by atoms with E-state index in [9.17, 15) is 9.59 Å². The topological polar surface area (TPSA) is 52.7 Å². The van der Waals surface area contributed by atoms with Gasteiger partial charge in [0.25, 0.3) is 0 Å². The van der Waals surface area contributed by atoms with Crippen LogP contribution in [0.1, 0.15) is 44.6 Å². The molecule has 0 aromatic heterocycles. The maximum atomic E-state index is 12.8. The molecule has 5 heteroatoms. The third-order valence-electron chi connectivity index (χ3n) is 5.67. The van der Waals surface area contributed by atoms with Gasteiger partial charge in [-0.05, 0) is 49.8 Å². The summed E-state index contributed by atoms with van der Waals surface area (Å²) < 4.78 is 0. The molecule has 2 aliphatic heterocycles. The molecule has 2 heterocycles. The van der Waals surface area contributed by atoms with Gasteiger partial charge in [-0.2, -0.15) is 0 Å². The number of benzene rings is 1. The Labute approximate surface area is 156 Å². The zero-order chi connectivity index (χ0) is 18.6. The third kappa shape index (κ3) is 3.76. The fraction of sp³-hybridized carbons (Fsp3) is 0.524. The number of aryl methyl sites for hydroxylation is 1. The van der Waals surface area contributed by atoms with Crippen LogP contribution in [0.25, 0.3) is 0 Å². The van der Waals surface area contributed by atoms with E-state index >= 15 is 0 Å². The van der Waals surface area contributed by atoms with Crippen LogP contribution in [-0.4, -0.2) is 46.9 Å². The molecule has 140 valence electrons. The van der Waals surface area contributed by atoms with Crippen molar-refractivity contribution >= 4 is 17.6 Å². The molecule has 1 aromatic rings. The summed E-state index contributed by atoms with van der Waals surface area (Å²) in [6.45, 7) is 7.81. The number of carbonyl (C=O) groups excluding carboxylic acids is 2. The van der Waals surface area contributed by atoms with Crippen molar-refractivity contribution < 1.29 is 9.59 Å². The smallest absolute Gasteiger partial charge is 0.321 e. The minimum absolute atomic E-state index is 0.0788. The van der Waals surface area contributed by atoms with Crippen LogP contribution >= 0.6 is 0 Å². The highest BCUT2D eigenvalue weighted by atomic mass is 16.2. The Balaban J connectivity index is 1.71. The van der Waals surface area contributed by atoms with Gasteiger partial charge >= 0.3 is 6.03 Å². The molecule has 0 radical (unpaired) electrons. The van der Waals surface area contributed by atoms with Crippen LogP contribution in [0.15, 0.2) is 36.9 Å². The van der Waals surface area contributed by atoms with Crippen molar-refractivity contribution in [1.82, 2.24) is 9.80 Å². The van der Waals surface area contributed by atoms with Crippen molar-refractivity contribution in [3.05, 3.63) is 42.5 Å². The first-order valence-corrected chi connectivity index (χ1v) is 9.64. The van der Waals surface area contributed by atoms with Gasteiger partial charge < -0.3 is 15.1 Å². The van der Waals surface area contributed by atoms with Crippen LogP contribution in [-0.2, 0) is 11.2 Å². The molecule has 1 spiro atoms. The van der Waals surface area contributed by atoms with Crippen molar-refractivity contribution in [2.45, 2.75) is 51.0 Å². The van der Waals surface area contributed by atoms with Crippen molar-refractivity contribution in [2.75, 3.05) is 25.0 Å². The molecule has 26 heavy (non-hydrogen) atoms. The van der Waals surface area contributed by atoms with E-state index in [-0.39, 0.29) is 17.5 Å². The Bertz CT molecular complexity index is 666. The number of nitrogens with zero attached hydrogens (tertiary/aromatic N) is 2. The van der Waals surface area contributed by atoms with Gasteiger partial charge in [0.1, 0.15) is 0 Å². The van der Waals surface area contributed by atoms with E-state index in [2.05, 4.69) is 18.8 Å². The lowest BCUT2D eigenvalue weighted by molar-refractivity contribution is -0.143. The number of anilines is 1. The summed E-state index contributed by atoms with van der Waals surface area (Å²) in [5, 5.41) is 3.01. The molecule has 2 saturated heterocycles. The largest absolute Gasteiger partial charge is 0.332 e. The summed E-state index contributed by atoms with van der Waals surface area (Å²) in [6, 6.07) is 7.90. The molecule has 1 N–H and O–H groups in total. The van der Waals surface area contributed by atoms with Crippen LogP contribution in [0.3, 0.4) is 0 Å². The van der Waals surface area contributed by atoms with Gasteiger partial charge in [-0.1, -0.05) is 25.1 Å². The fourth-order valence-electron chi connectivity index (χ4n) is 4.26. The predicted molar refractivity (Wildman–Crippen MR) is 104 cm³/mol. The lowest BCUT2D eigenvalue weighted by atomic mass is 9.79. The number of nitrogens with one attached hydrogen (secondary N) is 1. The van der Waals surface area contributed by atoms with Crippen LogP contribution in [0, 0.1) is 0 Å². The number of hydrogen-bond acceptors (Lipinski definition) is 2. The molecular formula is C21H29N3O2. The summed E-state index contributed by atoms with van der Waals surface area (Å²) in [7, 11) is 0. The summed E-state index contributed by atoms with van der Waals surface area (Å²) >= 11 is 0. The molecule has 1 aromatic carbocycles. The van der Waals surface area contributed by atoms with Crippen molar-refractivity contribution in [1.29, 1.82) is 0 Å². The molecule has 1 atom stereocenters. The van der Waals surface area contributed by atoms with Crippen molar-refractivity contribution in [3.63, 3.8) is 0 Å². The molecule has 2 aliphatic rings. The zero-order valence-electron chi connectivity index (χ0n) is 15.7. The first-order valence-electron chi connectivity index (χ1n) is 9.64. The molecule has 1 unspecified atom stereocenters. The van der Waals surface area contributed by atoms with E-state index in [0.29, 0.717) is 19.5 Å². The normalized spacial score (nSPS) is 23.2. The van der Waals surface area contributed by atoms with Gasteiger partial charge in [-0.3, -0.25) is 4.79 Å². The Hall–Kier alpha value is -2.30. The van der Waals surface area contributed by atoms with Gasteiger partial charge in [-0.15, -0.1) is 6.58 Å². The van der Waals surface area contributed by atoms with Crippen LogP contribution in [0.4, 0.5) is 10.5 Å². The summed E-state index contributed by atoms with van der Waals surface area (Å²) in [5.74, 6) is 0.188. The molecule has 2 fully saturated rings. The molecule has 3 amide bonds. The van der Waals surface area contributed by atoms with Gasteiger partial charge in [0.2, 0.25) is 5.91 Å².